The minimum Gasteiger partial charge on any atom is -0.465 e. The molecule has 4 rings (SSSR count). The molecule has 0 N–H and O–H groups in total. The Labute approximate surface area is 165 Å². The van der Waals surface area contributed by atoms with Crippen molar-refractivity contribution in [1.29, 1.82) is 0 Å². The number of nitrogens with zero attached hydrogens (tertiary/aromatic N) is 2. The van der Waals surface area contributed by atoms with Crippen LogP contribution in [0.4, 0.5) is 0 Å². The lowest BCUT2D eigenvalue weighted by atomic mass is 10.1. The highest BCUT2D eigenvalue weighted by Crippen LogP contribution is 2.29. The number of aromatic nitrogens is 2. The lowest BCUT2D eigenvalue weighted by Gasteiger charge is -2.17. The fourth-order valence-electron chi connectivity index (χ4n) is 3.40. The van der Waals surface area contributed by atoms with Gasteiger partial charge in [-0.15, -0.1) is 0 Å². The lowest BCUT2D eigenvalue weighted by molar-refractivity contribution is -0.137. The van der Waals surface area contributed by atoms with E-state index in [1.807, 2.05) is 0 Å². The van der Waals surface area contributed by atoms with Gasteiger partial charge in [0.2, 0.25) is 0 Å². The molecule has 0 amide bonds. The number of ether oxygens (including phenoxy) is 3. The van der Waals surface area contributed by atoms with E-state index in [9.17, 15) is 14.4 Å². The first-order valence-electron chi connectivity index (χ1n) is 9.14. The predicted octanol–water partition coefficient (Wildman–Crippen LogP) is 1.77. The number of carbonyl (C=O) groups excluding carboxylic acids is 2. The van der Waals surface area contributed by atoms with Crippen molar-refractivity contribution < 1.29 is 23.8 Å². The zero-order chi connectivity index (χ0) is 19.7. The second-order valence-electron chi connectivity index (χ2n) is 6.73. The van der Waals surface area contributed by atoms with Gasteiger partial charge < -0.3 is 14.2 Å². The van der Waals surface area contributed by atoms with Crippen LogP contribution in [-0.2, 0) is 25.5 Å². The van der Waals surface area contributed by atoms with Gasteiger partial charge in [0.25, 0.3) is 5.56 Å². The maximum absolute atomic E-state index is 13.2. The summed E-state index contributed by atoms with van der Waals surface area (Å²) in [6.45, 7) is 1.43. The third-order valence-corrected chi connectivity index (χ3v) is 6.12. The maximum atomic E-state index is 13.2. The molecule has 0 saturated carbocycles. The maximum Gasteiger partial charge on any atom is 0.337 e. The van der Waals surface area contributed by atoms with E-state index >= 15 is 0 Å². The van der Waals surface area contributed by atoms with Gasteiger partial charge in [-0.25, -0.2) is 9.78 Å². The fraction of sp³-hybridized carbons (Fsp3) is 0.474. The van der Waals surface area contributed by atoms with Gasteiger partial charge in [-0.05, 0) is 31.0 Å². The van der Waals surface area contributed by atoms with E-state index in [0.29, 0.717) is 47.8 Å². The summed E-state index contributed by atoms with van der Waals surface area (Å²) in [5.74, 6) is -0.799. The molecule has 0 bridgehead atoms. The predicted molar refractivity (Wildman–Crippen MR) is 102 cm³/mol. The molecule has 2 aliphatic rings. The molecule has 0 unspecified atom stereocenters. The van der Waals surface area contributed by atoms with Gasteiger partial charge in [0.1, 0.15) is 5.25 Å². The van der Waals surface area contributed by atoms with Crippen LogP contribution >= 0.6 is 11.8 Å². The number of hydrogen-bond donors (Lipinski definition) is 0. The monoisotopic (exact) mass is 404 g/mol. The number of hydrogen-bond acceptors (Lipinski definition) is 8. The van der Waals surface area contributed by atoms with Crippen LogP contribution in [0, 0.1) is 0 Å². The summed E-state index contributed by atoms with van der Waals surface area (Å²) in [4.78, 5) is 41.5. The van der Waals surface area contributed by atoms with Crippen molar-refractivity contribution in [2.24, 2.45) is 0 Å². The largest absolute Gasteiger partial charge is 0.465 e. The number of cyclic esters (lactones) is 1. The molecule has 28 heavy (non-hydrogen) atoms. The van der Waals surface area contributed by atoms with Gasteiger partial charge in [-0.2, -0.15) is 0 Å². The smallest absolute Gasteiger partial charge is 0.337 e. The van der Waals surface area contributed by atoms with Gasteiger partial charge in [0.05, 0.1) is 42.8 Å². The van der Waals surface area contributed by atoms with Crippen molar-refractivity contribution in [2.75, 3.05) is 20.3 Å². The Morgan fingerprint density at radius 1 is 1.32 bits per heavy atom. The SMILES string of the molecule is COC(=O)c1ccc2c(=O)n(C[C@H]3CCCO3)c(S[C@@H]3CCOC3=O)nc2c1. The van der Waals surface area contributed by atoms with Crippen LogP contribution < -0.4 is 5.56 Å². The second-order valence-corrected chi connectivity index (χ2v) is 7.90. The molecule has 2 fully saturated rings. The second kappa shape index (κ2) is 7.92. The van der Waals surface area contributed by atoms with Crippen molar-refractivity contribution >= 4 is 34.6 Å². The number of esters is 2. The molecule has 0 radical (unpaired) electrons. The van der Waals surface area contributed by atoms with Crippen LogP contribution in [-0.4, -0.2) is 53.2 Å². The average Bonchev–Trinajstić information content (AvgIpc) is 3.36. The normalized spacial score (nSPS) is 21.8. The summed E-state index contributed by atoms with van der Waals surface area (Å²) >= 11 is 1.22. The van der Waals surface area contributed by atoms with E-state index in [1.165, 1.54) is 24.9 Å². The minimum absolute atomic E-state index is 0.0545. The molecule has 8 nitrogen and oxygen atoms in total. The van der Waals surface area contributed by atoms with Gasteiger partial charge >= 0.3 is 11.9 Å². The molecule has 0 aliphatic carbocycles. The topological polar surface area (TPSA) is 96.7 Å². The minimum atomic E-state index is -0.499. The molecular weight excluding hydrogens is 384 g/mol. The Morgan fingerprint density at radius 3 is 2.86 bits per heavy atom. The first-order chi connectivity index (χ1) is 13.6. The van der Waals surface area contributed by atoms with Crippen molar-refractivity contribution in [3.8, 4) is 0 Å². The number of methoxy groups -OCH3 is 1. The molecule has 3 heterocycles. The molecular formula is C19H20N2O6S. The molecule has 1 aromatic heterocycles. The lowest BCUT2D eigenvalue weighted by Crippen LogP contribution is -2.29. The first-order valence-corrected chi connectivity index (χ1v) is 10.0. The molecule has 9 heteroatoms. The standard InChI is InChI=1S/C19H20N2O6S/c1-25-17(23)11-4-5-13-14(9-11)20-19(28-15-6-8-27-18(15)24)21(16(13)22)10-12-3-2-7-26-12/h4-5,9,12,15H,2-3,6-8,10H2,1H3/t12-,15-/m1/s1. The third-order valence-electron chi connectivity index (χ3n) is 4.89. The van der Waals surface area contributed by atoms with E-state index in [-0.39, 0.29) is 17.6 Å². The van der Waals surface area contributed by atoms with Gasteiger partial charge in [-0.1, -0.05) is 11.8 Å². The Balaban J connectivity index is 1.79. The summed E-state index contributed by atoms with van der Waals surface area (Å²) in [5, 5.41) is 0.437. The molecule has 1 aromatic carbocycles. The fourth-order valence-corrected chi connectivity index (χ4v) is 4.47. The quantitative estimate of drug-likeness (QED) is 0.549. The highest BCUT2D eigenvalue weighted by molar-refractivity contribution is 8.00. The number of benzene rings is 1. The van der Waals surface area contributed by atoms with Gasteiger partial charge in [0.15, 0.2) is 5.16 Å². The van der Waals surface area contributed by atoms with Gasteiger partial charge in [-0.3, -0.25) is 14.2 Å². The Hall–Kier alpha value is -2.39. The van der Waals surface area contributed by atoms with Crippen LogP contribution in [0.15, 0.2) is 28.2 Å². The Kier molecular flexibility index (Phi) is 5.36. The number of carbonyl (C=O) groups is 2. The van der Waals surface area contributed by atoms with E-state index in [1.54, 1.807) is 16.7 Å². The zero-order valence-electron chi connectivity index (χ0n) is 15.4. The summed E-state index contributed by atoms with van der Waals surface area (Å²) in [6, 6.07) is 4.67. The number of thioether (sulfide) groups is 1. The van der Waals surface area contributed by atoms with E-state index in [2.05, 4.69) is 4.98 Å². The summed E-state index contributed by atoms with van der Waals surface area (Å²) in [7, 11) is 1.30. The first kappa shape index (κ1) is 18.9. The van der Waals surface area contributed by atoms with E-state index in [4.69, 9.17) is 14.2 Å². The van der Waals surface area contributed by atoms with E-state index < -0.39 is 11.2 Å². The zero-order valence-corrected chi connectivity index (χ0v) is 16.2. The van der Waals surface area contributed by atoms with Crippen molar-refractivity contribution in [2.45, 2.75) is 42.3 Å². The number of rotatable bonds is 5. The summed E-state index contributed by atoms with van der Waals surface area (Å²) in [6.07, 6.45) is 2.35. The molecule has 2 saturated heterocycles. The molecule has 148 valence electrons. The van der Waals surface area contributed by atoms with Crippen LogP contribution in [0.1, 0.15) is 29.6 Å². The Morgan fingerprint density at radius 2 is 2.18 bits per heavy atom. The molecule has 0 spiro atoms. The average molecular weight is 404 g/mol. The third kappa shape index (κ3) is 3.64. The molecule has 2 atom stereocenters. The van der Waals surface area contributed by atoms with Crippen LogP contribution in [0.25, 0.3) is 10.9 Å². The van der Waals surface area contributed by atoms with Crippen LogP contribution in [0.5, 0.6) is 0 Å². The Bertz CT molecular complexity index is 982. The van der Waals surface area contributed by atoms with Gasteiger partial charge in [0, 0.05) is 13.0 Å². The summed E-state index contributed by atoms with van der Waals surface area (Å²) < 4.78 is 17.0. The van der Waals surface area contributed by atoms with E-state index in [0.717, 1.165) is 12.8 Å². The van der Waals surface area contributed by atoms with Crippen molar-refractivity contribution in [3.05, 3.63) is 34.1 Å². The highest BCUT2D eigenvalue weighted by Gasteiger charge is 2.30. The van der Waals surface area contributed by atoms with Crippen molar-refractivity contribution in [3.63, 3.8) is 0 Å². The van der Waals surface area contributed by atoms with Crippen LogP contribution in [0.2, 0.25) is 0 Å². The summed E-state index contributed by atoms with van der Waals surface area (Å²) in [5.41, 5.74) is 0.492. The molecule has 2 aliphatic heterocycles. The van der Waals surface area contributed by atoms with Crippen LogP contribution in [0.3, 0.4) is 0 Å². The molecule has 2 aromatic rings. The highest BCUT2D eigenvalue weighted by atomic mass is 32.2. The number of fused-ring (bicyclic) bond motifs is 1. The van der Waals surface area contributed by atoms with Crippen molar-refractivity contribution in [1.82, 2.24) is 9.55 Å².